The number of hydrogen-bond acceptors (Lipinski definition) is 2. The summed E-state index contributed by atoms with van der Waals surface area (Å²) in [4.78, 5) is 26.2. The Morgan fingerprint density at radius 1 is 1.00 bits per heavy atom. The van der Waals surface area contributed by atoms with Crippen molar-refractivity contribution in [3.05, 3.63) is 71.3 Å². The van der Waals surface area contributed by atoms with E-state index in [1.54, 1.807) is 0 Å². The van der Waals surface area contributed by atoms with Gasteiger partial charge in [0, 0.05) is 37.0 Å². The first-order valence-electron chi connectivity index (χ1n) is 9.87. The molecule has 4 heteroatoms. The van der Waals surface area contributed by atoms with E-state index >= 15 is 0 Å². The molecule has 0 atom stereocenters. The summed E-state index contributed by atoms with van der Waals surface area (Å²) < 4.78 is 0. The lowest BCUT2D eigenvalue weighted by Gasteiger charge is -2.42. The van der Waals surface area contributed by atoms with E-state index in [2.05, 4.69) is 29.6 Å². The Labute approximate surface area is 160 Å². The van der Waals surface area contributed by atoms with Crippen LogP contribution in [0.3, 0.4) is 0 Å². The van der Waals surface area contributed by atoms with Gasteiger partial charge in [-0.1, -0.05) is 48.9 Å². The first kappa shape index (κ1) is 17.8. The molecule has 4 nitrogen and oxygen atoms in total. The Hall–Kier alpha value is -2.62. The van der Waals surface area contributed by atoms with Crippen LogP contribution in [0, 0.1) is 0 Å². The average Bonchev–Trinajstić information content (AvgIpc) is 3.07. The van der Waals surface area contributed by atoms with Gasteiger partial charge in [0.1, 0.15) is 0 Å². The highest BCUT2D eigenvalue weighted by atomic mass is 16.2. The molecule has 2 aromatic rings. The van der Waals surface area contributed by atoms with Crippen LogP contribution in [0.25, 0.3) is 0 Å². The minimum Gasteiger partial charge on any atom is -0.351 e. The number of carbonyl (C=O) groups excluding carboxylic acids is 2. The second kappa shape index (κ2) is 7.55. The van der Waals surface area contributed by atoms with Crippen LogP contribution < -0.4 is 5.32 Å². The molecule has 2 fully saturated rings. The fraction of sp³-hybridized carbons (Fsp3) is 0.391. The van der Waals surface area contributed by atoms with Crippen LogP contribution >= 0.6 is 0 Å². The number of rotatable bonds is 6. The maximum absolute atomic E-state index is 12.6. The molecule has 1 aliphatic heterocycles. The number of carbonyl (C=O) groups is 2. The molecule has 0 bridgehead atoms. The zero-order valence-corrected chi connectivity index (χ0v) is 15.6. The molecule has 1 saturated heterocycles. The van der Waals surface area contributed by atoms with Crippen molar-refractivity contribution in [3.63, 3.8) is 0 Å². The molecule has 0 unspecified atom stereocenters. The van der Waals surface area contributed by atoms with E-state index in [-0.39, 0.29) is 17.2 Å². The standard InChI is InChI=1S/C23H26N2O2/c26-21-8-4-15-25(21)16-18-9-11-19(12-10-18)22(27)24-17-23(13-5-14-23)20-6-2-1-3-7-20/h1-3,6-7,9-12H,4-5,8,13-17H2,(H,24,27). The Balaban J connectivity index is 1.36. The van der Waals surface area contributed by atoms with Gasteiger partial charge in [-0.05, 0) is 42.5 Å². The van der Waals surface area contributed by atoms with Gasteiger partial charge in [0.05, 0.1) is 0 Å². The van der Waals surface area contributed by atoms with Crippen LogP contribution in [0.2, 0.25) is 0 Å². The maximum Gasteiger partial charge on any atom is 0.251 e. The van der Waals surface area contributed by atoms with Crippen LogP contribution in [0.15, 0.2) is 54.6 Å². The van der Waals surface area contributed by atoms with Gasteiger partial charge < -0.3 is 10.2 Å². The average molecular weight is 362 g/mol. The Morgan fingerprint density at radius 3 is 2.33 bits per heavy atom. The van der Waals surface area contributed by atoms with E-state index in [1.807, 2.05) is 35.2 Å². The molecule has 2 amide bonds. The summed E-state index contributed by atoms with van der Waals surface area (Å²) in [6.07, 6.45) is 5.07. The smallest absolute Gasteiger partial charge is 0.251 e. The fourth-order valence-corrected chi connectivity index (χ4v) is 4.17. The van der Waals surface area contributed by atoms with E-state index in [0.29, 0.717) is 25.1 Å². The summed E-state index contributed by atoms with van der Waals surface area (Å²) in [7, 11) is 0. The summed E-state index contributed by atoms with van der Waals surface area (Å²) in [5, 5.41) is 3.14. The lowest BCUT2D eigenvalue weighted by Crippen LogP contribution is -2.45. The topological polar surface area (TPSA) is 49.4 Å². The molecular formula is C23H26N2O2. The number of amides is 2. The van der Waals surface area contributed by atoms with Gasteiger partial charge in [-0.15, -0.1) is 0 Å². The monoisotopic (exact) mass is 362 g/mol. The van der Waals surface area contributed by atoms with Gasteiger partial charge in [0.15, 0.2) is 0 Å². The number of hydrogen-bond donors (Lipinski definition) is 1. The summed E-state index contributed by atoms with van der Waals surface area (Å²) in [6, 6.07) is 18.1. The number of likely N-dealkylation sites (tertiary alicyclic amines) is 1. The van der Waals surface area contributed by atoms with Crippen molar-refractivity contribution in [2.24, 2.45) is 0 Å². The van der Waals surface area contributed by atoms with Crippen molar-refractivity contribution in [1.29, 1.82) is 0 Å². The zero-order valence-electron chi connectivity index (χ0n) is 15.6. The molecule has 0 aromatic heterocycles. The SMILES string of the molecule is O=C(NCC1(c2ccccc2)CCC1)c1ccc(CN2CCCC2=O)cc1. The minimum absolute atomic E-state index is 0.0268. The Morgan fingerprint density at radius 2 is 1.74 bits per heavy atom. The normalized spacial score (nSPS) is 18.2. The fourth-order valence-electron chi connectivity index (χ4n) is 4.17. The summed E-state index contributed by atoms with van der Waals surface area (Å²) in [5.74, 6) is 0.199. The second-order valence-electron chi connectivity index (χ2n) is 7.80. The van der Waals surface area contributed by atoms with Crippen molar-refractivity contribution < 1.29 is 9.59 Å². The van der Waals surface area contributed by atoms with Crippen LogP contribution in [0.5, 0.6) is 0 Å². The molecule has 27 heavy (non-hydrogen) atoms. The molecule has 1 heterocycles. The molecule has 1 saturated carbocycles. The van der Waals surface area contributed by atoms with E-state index in [4.69, 9.17) is 0 Å². The van der Waals surface area contributed by atoms with E-state index in [1.165, 1.54) is 12.0 Å². The first-order valence-corrected chi connectivity index (χ1v) is 9.87. The van der Waals surface area contributed by atoms with Crippen molar-refractivity contribution in [2.45, 2.75) is 44.1 Å². The second-order valence-corrected chi connectivity index (χ2v) is 7.80. The molecule has 0 radical (unpaired) electrons. The Kier molecular flexibility index (Phi) is 4.97. The van der Waals surface area contributed by atoms with Gasteiger partial charge >= 0.3 is 0 Å². The third-order valence-electron chi connectivity index (χ3n) is 6.05. The number of nitrogens with one attached hydrogen (secondary N) is 1. The predicted molar refractivity (Wildman–Crippen MR) is 105 cm³/mol. The van der Waals surface area contributed by atoms with Gasteiger partial charge in [-0.25, -0.2) is 0 Å². The highest BCUT2D eigenvalue weighted by Crippen LogP contribution is 2.43. The molecule has 2 aromatic carbocycles. The third kappa shape index (κ3) is 3.75. The van der Waals surface area contributed by atoms with Crippen molar-refractivity contribution in [2.75, 3.05) is 13.1 Å². The molecule has 140 valence electrons. The van der Waals surface area contributed by atoms with Gasteiger partial charge in [-0.2, -0.15) is 0 Å². The zero-order chi connectivity index (χ0) is 18.7. The van der Waals surface area contributed by atoms with E-state index in [9.17, 15) is 9.59 Å². The highest BCUT2D eigenvalue weighted by molar-refractivity contribution is 5.94. The lowest BCUT2D eigenvalue weighted by atomic mass is 9.64. The molecule has 1 N–H and O–H groups in total. The highest BCUT2D eigenvalue weighted by Gasteiger charge is 2.38. The van der Waals surface area contributed by atoms with Gasteiger partial charge in [0.25, 0.3) is 5.91 Å². The number of benzene rings is 2. The molecule has 4 rings (SSSR count). The minimum atomic E-state index is -0.0268. The van der Waals surface area contributed by atoms with Crippen molar-refractivity contribution >= 4 is 11.8 Å². The lowest BCUT2D eigenvalue weighted by molar-refractivity contribution is -0.128. The third-order valence-corrected chi connectivity index (χ3v) is 6.05. The maximum atomic E-state index is 12.6. The largest absolute Gasteiger partial charge is 0.351 e. The summed E-state index contributed by atoms with van der Waals surface area (Å²) >= 11 is 0. The molecule has 0 spiro atoms. The first-order chi connectivity index (χ1) is 13.2. The summed E-state index contributed by atoms with van der Waals surface area (Å²) in [6.45, 7) is 2.15. The van der Waals surface area contributed by atoms with Crippen molar-refractivity contribution in [3.8, 4) is 0 Å². The van der Waals surface area contributed by atoms with Gasteiger partial charge in [-0.3, -0.25) is 9.59 Å². The van der Waals surface area contributed by atoms with Crippen molar-refractivity contribution in [1.82, 2.24) is 10.2 Å². The van der Waals surface area contributed by atoms with Crippen LogP contribution in [-0.2, 0) is 16.8 Å². The van der Waals surface area contributed by atoms with Crippen LogP contribution in [0.4, 0.5) is 0 Å². The van der Waals surface area contributed by atoms with Crippen LogP contribution in [0.1, 0.15) is 53.6 Å². The predicted octanol–water partition coefficient (Wildman–Crippen LogP) is 3.66. The summed E-state index contributed by atoms with van der Waals surface area (Å²) in [5.41, 5.74) is 3.16. The quantitative estimate of drug-likeness (QED) is 0.852. The Bertz CT molecular complexity index is 810. The van der Waals surface area contributed by atoms with Crippen LogP contribution in [-0.4, -0.2) is 29.8 Å². The van der Waals surface area contributed by atoms with E-state index < -0.39 is 0 Å². The van der Waals surface area contributed by atoms with Gasteiger partial charge in [0.2, 0.25) is 5.91 Å². The molecule has 2 aliphatic rings. The molecule has 1 aliphatic carbocycles. The van der Waals surface area contributed by atoms with E-state index in [0.717, 1.165) is 31.4 Å². The number of nitrogens with zero attached hydrogens (tertiary/aromatic N) is 1. The molecular weight excluding hydrogens is 336 g/mol.